The van der Waals surface area contributed by atoms with E-state index >= 15 is 0 Å². The fourth-order valence-electron chi connectivity index (χ4n) is 4.28. The smallest absolute Gasteiger partial charge is 0.132 e. The van der Waals surface area contributed by atoms with Crippen molar-refractivity contribution in [2.24, 2.45) is 22.2 Å². The predicted octanol–water partition coefficient (Wildman–Crippen LogP) is 2.24. The molecule has 102 valence electrons. The number of para-hydroxylation sites is 1. The van der Waals surface area contributed by atoms with Crippen LogP contribution in [0.5, 0.6) is 0 Å². The summed E-state index contributed by atoms with van der Waals surface area (Å²) in [6, 6.07) is 8.99. The van der Waals surface area contributed by atoms with Crippen LogP contribution in [-0.4, -0.2) is 32.1 Å². The Kier molecular flexibility index (Phi) is 2.03. The first-order valence-electron chi connectivity index (χ1n) is 7.36. The molecule has 3 aliphatic rings. The summed E-state index contributed by atoms with van der Waals surface area (Å²) < 4.78 is 1.93. The molecule has 0 spiro atoms. The van der Waals surface area contributed by atoms with Crippen molar-refractivity contribution in [2.75, 3.05) is 0 Å². The molecule has 0 amide bonds. The topological polar surface area (TPSA) is 58.7 Å². The van der Waals surface area contributed by atoms with Gasteiger partial charge in [-0.2, -0.15) is 5.11 Å². The van der Waals surface area contributed by atoms with Crippen molar-refractivity contribution in [3.63, 3.8) is 0 Å². The summed E-state index contributed by atoms with van der Waals surface area (Å²) in [7, 11) is 0. The first kappa shape index (κ1) is 10.8. The quantitative estimate of drug-likeness (QED) is 0.839. The van der Waals surface area contributed by atoms with Crippen LogP contribution < -0.4 is 0 Å². The summed E-state index contributed by atoms with van der Waals surface area (Å²) in [4.78, 5) is 0. The second-order valence-electron chi connectivity index (χ2n) is 6.18. The number of rotatable bonds is 2. The van der Waals surface area contributed by atoms with Gasteiger partial charge in [-0.05, 0) is 43.2 Å². The van der Waals surface area contributed by atoms with Gasteiger partial charge in [-0.1, -0.05) is 22.6 Å². The molecular formula is C14H16N6. The van der Waals surface area contributed by atoms with E-state index < -0.39 is 0 Å². The Labute approximate surface area is 116 Å². The van der Waals surface area contributed by atoms with Crippen molar-refractivity contribution in [1.29, 1.82) is 0 Å². The number of benzene rings is 1. The molecule has 4 atom stereocenters. The number of nitrogens with zero attached hydrogens (tertiary/aromatic N) is 6. The van der Waals surface area contributed by atoms with Crippen molar-refractivity contribution in [1.82, 2.24) is 20.0 Å². The lowest BCUT2D eigenvalue weighted by Gasteiger charge is -2.28. The fourth-order valence-corrected chi connectivity index (χ4v) is 4.28. The Balaban J connectivity index is 1.46. The van der Waals surface area contributed by atoms with Gasteiger partial charge in [0.2, 0.25) is 0 Å². The highest BCUT2D eigenvalue weighted by atomic mass is 15.7. The van der Waals surface area contributed by atoms with Crippen LogP contribution in [0.4, 0.5) is 0 Å². The van der Waals surface area contributed by atoms with Gasteiger partial charge in [-0.25, -0.2) is 4.68 Å². The average molecular weight is 268 g/mol. The molecule has 1 aromatic heterocycles. The lowest BCUT2D eigenvalue weighted by Crippen LogP contribution is -2.40. The Bertz CT molecular complexity index is 692. The first-order chi connectivity index (χ1) is 9.90. The molecule has 2 bridgehead atoms. The van der Waals surface area contributed by atoms with E-state index in [2.05, 4.69) is 31.7 Å². The van der Waals surface area contributed by atoms with Crippen molar-refractivity contribution in [3.8, 4) is 0 Å². The van der Waals surface area contributed by atoms with Crippen molar-refractivity contribution < 1.29 is 0 Å². The molecule has 2 aliphatic carbocycles. The maximum absolute atomic E-state index is 4.51. The highest BCUT2D eigenvalue weighted by Gasteiger charge is 2.53. The number of aromatic nitrogens is 3. The fraction of sp³-hybridized carbons (Fsp3) is 0.571. The summed E-state index contributed by atoms with van der Waals surface area (Å²) in [5.41, 5.74) is 2.00. The van der Waals surface area contributed by atoms with Crippen LogP contribution in [0.15, 0.2) is 34.6 Å². The van der Waals surface area contributed by atoms with Crippen molar-refractivity contribution in [3.05, 3.63) is 24.3 Å². The van der Waals surface area contributed by atoms with Gasteiger partial charge in [0.25, 0.3) is 0 Å². The van der Waals surface area contributed by atoms with E-state index in [9.17, 15) is 0 Å². The number of hydrogen-bond donors (Lipinski definition) is 0. The number of hydrogen-bond acceptors (Lipinski definition) is 5. The summed E-state index contributed by atoms with van der Waals surface area (Å²) in [5, 5.41) is 19.5. The summed E-state index contributed by atoms with van der Waals surface area (Å²) in [6.07, 6.45) is 4.01. The van der Waals surface area contributed by atoms with Crippen LogP contribution in [0.3, 0.4) is 0 Å². The van der Waals surface area contributed by atoms with Crippen LogP contribution in [0.25, 0.3) is 11.0 Å². The molecular weight excluding hydrogens is 252 g/mol. The Hall–Kier alpha value is -1.98. The lowest BCUT2D eigenvalue weighted by molar-refractivity contribution is 0.126. The monoisotopic (exact) mass is 268 g/mol. The summed E-state index contributed by atoms with van der Waals surface area (Å²) in [5.74, 6) is 1.54. The second kappa shape index (κ2) is 3.77. The van der Waals surface area contributed by atoms with Crippen molar-refractivity contribution in [2.45, 2.75) is 38.0 Å². The standard InChI is InChI=1S/C14H16N6/c1-2-4-12-11(3-1)15-17-19(12)8-20-14-10-6-5-9(7-10)13(14)16-18-20/h1-4,9-10,13-14H,5-8H2/t9-,10+,13+,14-/m0/s1. The van der Waals surface area contributed by atoms with E-state index in [1.165, 1.54) is 19.3 Å². The molecule has 6 nitrogen and oxygen atoms in total. The van der Waals surface area contributed by atoms with E-state index in [0.29, 0.717) is 18.8 Å². The SMILES string of the molecule is c1ccc2c(c1)nnn2CN1N=N[C@@H]2[C@H]3CC[C@H](C3)[C@@H]21. The van der Waals surface area contributed by atoms with Gasteiger partial charge in [0, 0.05) is 0 Å². The summed E-state index contributed by atoms with van der Waals surface area (Å²) >= 11 is 0. The molecule has 0 radical (unpaired) electrons. The van der Waals surface area contributed by atoms with Gasteiger partial charge in [0.05, 0.1) is 17.6 Å². The molecule has 0 unspecified atom stereocenters. The molecule has 2 fully saturated rings. The maximum atomic E-state index is 4.51. The molecule has 0 N–H and O–H groups in total. The van der Waals surface area contributed by atoms with Gasteiger partial charge in [-0.3, -0.25) is 5.01 Å². The zero-order valence-corrected chi connectivity index (χ0v) is 11.1. The van der Waals surface area contributed by atoms with Gasteiger partial charge in [0.15, 0.2) is 0 Å². The normalized spacial score (nSPS) is 34.3. The highest BCUT2D eigenvalue weighted by molar-refractivity contribution is 5.73. The van der Waals surface area contributed by atoms with E-state index in [-0.39, 0.29) is 0 Å². The van der Waals surface area contributed by atoms with Gasteiger partial charge in [0.1, 0.15) is 12.2 Å². The largest absolute Gasteiger partial charge is 0.252 e. The van der Waals surface area contributed by atoms with Gasteiger partial charge >= 0.3 is 0 Å². The minimum absolute atomic E-state index is 0.434. The average Bonchev–Trinajstić information content (AvgIpc) is 3.21. The van der Waals surface area contributed by atoms with Gasteiger partial charge in [-0.15, -0.1) is 5.10 Å². The maximum Gasteiger partial charge on any atom is 0.132 e. The molecule has 6 heteroatoms. The van der Waals surface area contributed by atoms with Crippen LogP contribution in [-0.2, 0) is 6.67 Å². The van der Waals surface area contributed by atoms with E-state index in [4.69, 9.17) is 0 Å². The molecule has 2 saturated carbocycles. The second-order valence-corrected chi connectivity index (χ2v) is 6.18. The molecule has 2 aromatic rings. The third-order valence-corrected chi connectivity index (χ3v) is 5.17. The van der Waals surface area contributed by atoms with Gasteiger partial charge < -0.3 is 0 Å². The van der Waals surface area contributed by atoms with Crippen molar-refractivity contribution >= 4 is 11.0 Å². The van der Waals surface area contributed by atoms with E-state index in [1.54, 1.807) is 0 Å². The van der Waals surface area contributed by atoms with E-state index in [1.807, 2.05) is 22.9 Å². The molecule has 1 aromatic carbocycles. The zero-order chi connectivity index (χ0) is 13.1. The van der Waals surface area contributed by atoms with E-state index in [0.717, 1.165) is 22.9 Å². The molecule has 5 rings (SSSR count). The molecule has 2 heterocycles. The van der Waals surface area contributed by atoms with Crippen LogP contribution in [0.2, 0.25) is 0 Å². The minimum Gasteiger partial charge on any atom is -0.252 e. The molecule has 1 aliphatic heterocycles. The predicted molar refractivity (Wildman–Crippen MR) is 72.6 cm³/mol. The third kappa shape index (κ3) is 1.34. The van der Waals surface area contributed by atoms with Crippen LogP contribution >= 0.6 is 0 Å². The summed E-state index contributed by atoms with van der Waals surface area (Å²) in [6.45, 7) is 0.661. The lowest BCUT2D eigenvalue weighted by atomic mass is 9.91. The highest BCUT2D eigenvalue weighted by Crippen LogP contribution is 2.50. The molecule has 0 saturated heterocycles. The molecule has 20 heavy (non-hydrogen) atoms. The third-order valence-electron chi connectivity index (χ3n) is 5.17. The Morgan fingerprint density at radius 3 is 3.05 bits per heavy atom. The minimum atomic E-state index is 0.434. The first-order valence-corrected chi connectivity index (χ1v) is 7.36. The Morgan fingerprint density at radius 1 is 1.15 bits per heavy atom. The zero-order valence-electron chi connectivity index (χ0n) is 11.1. The Morgan fingerprint density at radius 2 is 2.05 bits per heavy atom. The van der Waals surface area contributed by atoms with Crippen LogP contribution in [0, 0.1) is 11.8 Å². The van der Waals surface area contributed by atoms with Crippen LogP contribution in [0.1, 0.15) is 19.3 Å². The number of fused-ring (bicyclic) bond motifs is 6.